The van der Waals surface area contributed by atoms with Gasteiger partial charge >= 0.3 is 0 Å². The van der Waals surface area contributed by atoms with Crippen LogP contribution in [0.3, 0.4) is 0 Å². The van der Waals surface area contributed by atoms with E-state index in [-0.39, 0.29) is 17.9 Å². The predicted octanol–water partition coefficient (Wildman–Crippen LogP) is 1.87. The Morgan fingerprint density at radius 1 is 1.17 bits per heavy atom. The predicted molar refractivity (Wildman–Crippen MR) is 95.3 cm³/mol. The molecule has 2 fully saturated rings. The number of nitrogens with zero attached hydrogens (tertiary/aromatic N) is 2. The second kappa shape index (κ2) is 6.76. The van der Waals surface area contributed by atoms with Crippen LogP contribution in [0.4, 0.5) is 5.69 Å². The average Bonchev–Trinajstić information content (AvgIpc) is 3.29. The maximum absolute atomic E-state index is 12.9. The molecule has 0 aromatic heterocycles. The van der Waals surface area contributed by atoms with Gasteiger partial charge in [-0.3, -0.25) is 14.5 Å². The zero-order valence-electron chi connectivity index (χ0n) is 13.7. The minimum absolute atomic E-state index is 0.105. The third-order valence-corrected chi connectivity index (χ3v) is 6.00. The van der Waals surface area contributed by atoms with Gasteiger partial charge in [0.2, 0.25) is 11.8 Å². The number of carbonyl (C=O) groups excluding carboxylic acids is 2. The molecule has 1 saturated heterocycles. The molecule has 5 nitrogen and oxygen atoms in total. The summed E-state index contributed by atoms with van der Waals surface area (Å²) in [5, 5.41) is 3.09. The molecular formula is C18H23N3O2S. The molecule has 1 aromatic carbocycles. The summed E-state index contributed by atoms with van der Waals surface area (Å²) >= 11 is 1.80. The summed E-state index contributed by atoms with van der Waals surface area (Å²) in [5.41, 5.74) is 1.01. The van der Waals surface area contributed by atoms with E-state index in [0.29, 0.717) is 12.6 Å². The summed E-state index contributed by atoms with van der Waals surface area (Å²) in [6.45, 7) is 1.91. The Bertz CT molecular complexity index is 647. The summed E-state index contributed by atoms with van der Waals surface area (Å²) in [6, 6.07) is 8.32. The number of amides is 2. The van der Waals surface area contributed by atoms with Gasteiger partial charge < -0.3 is 10.2 Å². The van der Waals surface area contributed by atoms with Crippen LogP contribution >= 0.6 is 11.8 Å². The van der Waals surface area contributed by atoms with Crippen molar-refractivity contribution in [3.8, 4) is 0 Å². The zero-order chi connectivity index (χ0) is 16.5. The molecule has 1 aromatic rings. The molecule has 4 rings (SSSR count). The van der Waals surface area contributed by atoms with Crippen molar-refractivity contribution in [3.63, 3.8) is 0 Å². The van der Waals surface area contributed by atoms with Crippen LogP contribution in [0.5, 0.6) is 0 Å². The lowest BCUT2D eigenvalue weighted by Crippen LogP contribution is -2.49. The monoisotopic (exact) mass is 345 g/mol. The summed E-state index contributed by atoms with van der Waals surface area (Å²) in [4.78, 5) is 30.4. The van der Waals surface area contributed by atoms with Crippen molar-refractivity contribution in [2.75, 3.05) is 30.3 Å². The summed E-state index contributed by atoms with van der Waals surface area (Å²) in [6.07, 6.45) is 4.04. The van der Waals surface area contributed by atoms with Gasteiger partial charge in [-0.15, -0.1) is 11.8 Å². The first-order valence-corrected chi connectivity index (χ1v) is 9.77. The number of rotatable bonds is 4. The zero-order valence-corrected chi connectivity index (χ0v) is 14.6. The number of thioether (sulfide) groups is 1. The molecule has 6 heteroatoms. The van der Waals surface area contributed by atoms with Crippen LogP contribution in [0, 0.1) is 0 Å². The van der Waals surface area contributed by atoms with Crippen molar-refractivity contribution < 1.29 is 9.59 Å². The molecule has 24 heavy (non-hydrogen) atoms. The van der Waals surface area contributed by atoms with Gasteiger partial charge in [0.15, 0.2) is 0 Å². The highest BCUT2D eigenvalue weighted by atomic mass is 32.2. The smallest absolute Gasteiger partial charge is 0.241 e. The molecule has 1 aliphatic carbocycles. The molecule has 1 N–H and O–H groups in total. The summed E-state index contributed by atoms with van der Waals surface area (Å²) in [7, 11) is 0. The fourth-order valence-electron chi connectivity index (χ4n) is 3.53. The largest absolute Gasteiger partial charge is 0.352 e. The molecule has 1 atom stereocenters. The van der Waals surface area contributed by atoms with E-state index < -0.39 is 0 Å². The van der Waals surface area contributed by atoms with E-state index in [0.717, 1.165) is 50.2 Å². The molecule has 1 saturated carbocycles. The number of benzene rings is 1. The van der Waals surface area contributed by atoms with Crippen LogP contribution in [0.2, 0.25) is 0 Å². The van der Waals surface area contributed by atoms with Crippen molar-refractivity contribution in [2.24, 2.45) is 0 Å². The van der Waals surface area contributed by atoms with Crippen LogP contribution < -0.4 is 10.2 Å². The Morgan fingerprint density at radius 2 is 2.00 bits per heavy atom. The molecule has 2 aliphatic heterocycles. The van der Waals surface area contributed by atoms with Gasteiger partial charge in [-0.05, 0) is 44.4 Å². The maximum atomic E-state index is 12.9. The molecule has 3 aliphatic rings. The van der Waals surface area contributed by atoms with Crippen LogP contribution in [0.15, 0.2) is 29.2 Å². The molecule has 1 unspecified atom stereocenters. The lowest BCUT2D eigenvalue weighted by atomic mass is 10.2. The molecule has 0 bridgehead atoms. The summed E-state index contributed by atoms with van der Waals surface area (Å²) < 4.78 is 0. The van der Waals surface area contributed by atoms with Crippen LogP contribution in [0.25, 0.3) is 0 Å². The van der Waals surface area contributed by atoms with Crippen molar-refractivity contribution in [2.45, 2.75) is 42.7 Å². The molecular weight excluding hydrogens is 322 g/mol. The standard InChI is InChI=1S/C18H23N3O2S/c22-17(21-10-11-24-16-6-2-1-4-14(16)21)12-20-9-3-5-15(20)18(23)19-13-7-8-13/h1-2,4,6,13,15H,3,5,7-12H2,(H,19,23). The van der Waals surface area contributed by atoms with Gasteiger partial charge in [-0.1, -0.05) is 12.1 Å². The Balaban J connectivity index is 1.43. The number of carbonyl (C=O) groups is 2. The van der Waals surface area contributed by atoms with E-state index in [1.165, 1.54) is 4.90 Å². The Labute approximate surface area is 146 Å². The van der Waals surface area contributed by atoms with Gasteiger partial charge in [0.05, 0.1) is 18.3 Å². The molecule has 0 spiro atoms. The van der Waals surface area contributed by atoms with Crippen LogP contribution in [-0.2, 0) is 9.59 Å². The second-order valence-electron chi connectivity index (χ2n) is 6.77. The van der Waals surface area contributed by atoms with Gasteiger partial charge in [0, 0.05) is 23.2 Å². The quantitative estimate of drug-likeness (QED) is 0.905. The molecule has 2 amide bonds. The highest BCUT2D eigenvalue weighted by Gasteiger charge is 2.36. The van der Waals surface area contributed by atoms with E-state index in [1.807, 2.05) is 23.1 Å². The first-order valence-electron chi connectivity index (χ1n) is 8.79. The number of nitrogens with one attached hydrogen (secondary N) is 1. The number of hydrogen-bond acceptors (Lipinski definition) is 4. The van der Waals surface area contributed by atoms with Gasteiger partial charge in [-0.2, -0.15) is 0 Å². The van der Waals surface area contributed by atoms with E-state index in [2.05, 4.69) is 16.3 Å². The van der Waals surface area contributed by atoms with E-state index in [1.54, 1.807) is 11.8 Å². The molecule has 2 heterocycles. The fourth-order valence-corrected chi connectivity index (χ4v) is 4.52. The number of fused-ring (bicyclic) bond motifs is 1. The fraction of sp³-hybridized carbons (Fsp3) is 0.556. The van der Waals surface area contributed by atoms with Gasteiger partial charge in [-0.25, -0.2) is 0 Å². The van der Waals surface area contributed by atoms with E-state index >= 15 is 0 Å². The Hall–Kier alpha value is -1.53. The van der Waals surface area contributed by atoms with Gasteiger partial charge in [0.1, 0.15) is 0 Å². The highest BCUT2D eigenvalue weighted by molar-refractivity contribution is 7.99. The SMILES string of the molecule is O=C(NC1CC1)C1CCCN1CC(=O)N1CCSc2ccccc21. The Kier molecular flexibility index (Phi) is 4.50. The maximum Gasteiger partial charge on any atom is 0.241 e. The number of anilines is 1. The second-order valence-corrected chi connectivity index (χ2v) is 7.91. The summed E-state index contributed by atoms with van der Waals surface area (Å²) in [5.74, 6) is 1.14. The van der Waals surface area contributed by atoms with Crippen LogP contribution in [0.1, 0.15) is 25.7 Å². The third kappa shape index (κ3) is 3.30. The van der Waals surface area contributed by atoms with Gasteiger partial charge in [0.25, 0.3) is 0 Å². The molecule has 128 valence electrons. The van der Waals surface area contributed by atoms with E-state index in [9.17, 15) is 9.59 Å². The van der Waals surface area contributed by atoms with Crippen molar-refractivity contribution >= 4 is 29.3 Å². The lowest BCUT2D eigenvalue weighted by Gasteiger charge is -2.31. The average molecular weight is 345 g/mol. The van der Waals surface area contributed by atoms with Crippen molar-refractivity contribution in [1.29, 1.82) is 0 Å². The number of para-hydroxylation sites is 1. The van der Waals surface area contributed by atoms with Crippen molar-refractivity contribution in [3.05, 3.63) is 24.3 Å². The van der Waals surface area contributed by atoms with Crippen molar-refractivity contribution in [1.82, 2.24) is 10.2 Å². The topological polar surface area (TPSA) is 52.7 Å². The minimum Gasteiger partial charge on any atom is -0.352 e. The Morgan fingerprint density at radius 3 is 2.83 bits per heavy atom. The number of hydrogen-bond donors (Lipinski definition) is 1. The highest BCUT2D eigenvalue weighted by Crippen LogP contribution is 2.34. The third-order valence-electron chi connectivity index (χ3n) is 4.96. The lowest BCUT2D eigenvalue weighted by molar-refractivity contribution is -0.127. The van der Waals surface area contributed by atoms with Crippen LogP contribution in [-0.4, -0.2) is 54.2 Å². The minimum atomic E-state index is -0.135. The normalized spacial score (nSPS) is 23.8. The molecule has 0 radical (unpaired) electrons. The van der Waals surface area contributed by atoms with E-state index in [4.69, 9.17) is 0 Å². The number of likely N-dealkylation sites (tertiary alicyclic amines) is 1. The first kappa shape index (κ1) is 16.0. The first-order chi connectivity index (χ1) is 11.7.